The summed E-state index contributed by atoms with van der Waals surface area (Å²) in [4.78, 5) is 5.93. The molecular formula is C21H19Cl3F2N2O. The van der Waals surface area contributed by atoms with E-state index in [9.17, 15) is 8.78 Å². The predicted molar refractivity (Wildman–Crippen MR) is 115 cm³/mol. The fraction of sp³-hybridized carbons (Fsp3) is 0.190. The van der Waals surface area contributed by atoms with Crippen LogP contribution in [0, 0.1) is 0 Å². The molecule has 0 atom stereocenters. The van der Waals surface area contributed by atoms with E-state index in [1.165, 1.54) is 23.3 Å². The first-order valence-corrected chi connectivity index (χ1v) is 9.75. The van der Waals surface area contributed by atoms with Gasteiger partial charge in [-0.3, -0.25) is 0 Å². The highest BCUT2D eigenvalue weighted by Crippen LogP contribution is 2.34. The Balaban J connectivity index is 2.33. The molecule has 8 heteroatoms. The lowest BCUT2D eigenvalue weighted by Crippen LogP contribution is -2.20. The number of pyridine rings is 1. The number of nitrogens with zero attached hydrogens (tertiary/aromatic N) is 2. The molecule has 0 aliphatic heterocycles. The highest BCUT2D eigenvalue weighted by atomic mass is 35.5. The zero-order valence-electron chi connectivity index (χ0n) is 15.8. The lowest BCUT2D eigenvalue weighted by atomic mass is 10.0. The van der Waals surface area contributed by atoms with Gasteiger partial charge in [-0.1, -0.05) is 34.8 Å². The second kappa shape index (κ2) is 10.6. The molecule has 0 aliphatic carbocycles. The van der Waals surface area contributed by atoms with Crippen molar-refractivity contribution < 1.29 is 13.5 Å². The second-order valence-corrected chi connectivity index (χ2v) is 7.12. The van der Waals surface area contributed by atoms with E-state index < -0.39 is 5.92 Å². The van der Waals surface area contributed by atoms with Gasteiger partial charge in [-0.25, -0.2) is 13.8 Å². The minimum absolute atomic E-state index is 0.0664. The molecule has 0 saturated heterocycles. The second-order valence-electron chi connectivity index (χ2n) is 6.18. The van der Waals surface area contributed by atoms with Crippen LogP contribution in [0.15, 0.2) is 71.5 Å². The Kier molecular flexibility index (Phi) is 8.50. The average molecular weight is 460 g/mol. The van der Waals surface area contributed by atoms with Crippen molar-refractivity contribution >= 4 is 34.8 Å². The molecule has 2 rings (SSSR count). The number of hydrogen-bond donors (Lipinski definition) is 0. The van der Waals surface area contributed by atoms with Gasteiger partial charge in [0.05, 0.1) is 0 Å². The maximum Gasteiger partial charge on any atom is 0.271 e. The summed E-state index contributed by atoms with van der Waals surface area (Å²) in [5.74, 6) is -2.57. The standard InChI is InChI=1S/C21H19Cl3F2N2O/c1-21(25,26)19-12-20(29-18-7-5-16(24)6-8-18)27-13-15(19)14-28(2)17(9-11-23)4-3-10-22/h3-13H,14H2,1-2H3/b10-3+,11-9+,17-4+. The molecule has 0 bridgehead atoms. The number of hydrogen-bond acceptors (Lipinski definition) is 3. The summed E-state index contributed by atoms with van der Waals surface area (Å²) in [6, 6.07) is 7.80. The molecule has 154 valence electrons. The third kappa shape index (κ3) is 7.03. The maximum absolute atomic E-state index is 14.3. The first kappa shape index (κ1) is 23.2. The molecule has 0 saturated carbocycles. The van der Waals surface area contributed by atoms with Crippen LogP contribution in [0.5, 0.6) is 11.6 Å². The quantitative estimate of drug-likeness (QED) is 0.383. The van der Waals surface area contributed by atoms with Crippen molar-refractivity contribution in [3.63, 3.8) is 0 Å². The first-order valence-electron chi connectivity index (χ1n) is 8.50. The van der Waals surface area contributed by atoms with E-state index in [4.69, 9.17) is 39.5 Å². The van der Waals surface area contributed by atoms with Crippen molar-refractivity contribution in [1.29, 1.82) is 0 Å². The highest BCUT2D eigenvalue weighted by molar-refractivity contribution is 6.30. The van der Waals surface area contributed by atoms with Crippen molar-refractivity contribution in [3.05, 3.63) is 87.7 Å². The fourth-order valence-corrected chi connectivity index (χ4v) is 2.86. The summed E-state index contributed by atoms with van der Waals surface area (Å²) >= 11 is 17.1. The smallest absolute Gasteiger partial charge is 0.271 e. The van der Waals surface area contributed by atoms with E-state index in [0.29, 0.717) is 22.0 Å². The Morgan fingerprint density at radius 2 is 1.90 bits per heavy atom. The van der Waals surface area contributed by atoms with E-state index in [1.807, 2.05) is 0 Å². The van der Waals surface area contributed by atoms with Gasteiger partial charge in [0.2, 0.25) is 5.88 Å². The molecule has 1 aromatic carbocycles. The van der Waals surface area contributed by atoms with Crippen molar-refractivity contribution in [2.45, 2.75) is 19.4 Å². The molecule has 29 heavy (non-hydrogen) atoms. The van der Waals surface area contributed by atoms with Crippen LogP contribution in [0.25, 0.3) is 0 Å². The van der Waals surface area contributed by atoms with Crippen LogP contribution in [0.1, 0.15) is 18.1 Å². The third-order valence-electron chi connectivity index (χ3n) is 3.89. The minimum atomic E-state index is -3.08. The summed E-state index contributed by atoms with van der Waals surface area (Å²) in [6.07, 6.45) is 6.34. The van der Waals surface area contributed by atoms with Gasteiger partial charge in [-0.05, 0) is 48.1 Å². The Morgan fingerprint density at radius 3 is 2.48 bits per heavy atom. The molecule has 2 aromatic rings. The Labute approximate surface area is 183 Å². The molecule has 1 aromatic heterocycles. The third-order valence-corrected chi connectivity index (χ3v) is 4.42. The van der Waals surface area contributed by atoms with Gasteiger partial charge in [0.1, 0.15) is 5.75 Å². The van der Waals surface area contributed by atoms with E-state index in [1.54, 1.807) is 54.4 Å². The van der Waals surface area contributed by atoms with Gasteiger partial charge in [0, 0.05) is 60.1 Å². The van der Waals surface area contributed by atoms with Crippen LogP contribution in [0.4, 0.5) is 8.78 Å². The van der Waals surface area contributed by atoms with Crippen LogP contribution >= 0.6 is 34.8 Å². The molecule has 0 unspecified atom stereocenters. The number of halogens is 5. The summed E-state index contributed by atoms with van der Waals surface area (Å²) in [5.41, 5.74) is 3.54. The summed E-state index contributed by atoms with van der Waals surface area (Å²) in [5, 5.41) is 0.545. The molecule has 0 fully saturated rings. The lowest BCUT2D eigenvalue weighted by Gasteiger charge is -2.24. The Bertz CT molecular complexity index is 907. The minimum Gasteiger partial charge on any atom is -0.439 e. The molecule has 3 nitrogen and oxygen atoms in total. The molecule has 0 spiro atoms. The maximum atomic E-state index is 14.3. The van der Waals surface area contributed by atoms with E-state index in [0.717, 1.165) is 6.92 Å². The van der Waals surface area contributed by atoms with Crippen molar-refractivity contribution in [3.8, 4) is 11.6 Å². The SMILES string of the molecule is CN(Cc1cnc(Oc2ccc(Cl)cc2)cc1C(C)(F)F)C(/C=C/Cl)=C/C=C/Cl. The fourth-order valence-electron chi connectivity index (χ4n) is 2.53. The van der Waals surface area contributed by atoms with Crippen molar-refractivity contribution in [1.82, 2.24) is 9.88 Å². The highest BCUT2D eigenvalue weighted by Gasteiger charge is 2.29. The van der Waals surface area contributed by atoms with Gasteiger partial charge in [-0.15, -0.1) is 0 Å². The average Bonchev–Trinajstić information content (AvgIpc) is 2.67. The summed E-state index contributed by atoms with van der Waals surface area (Å²) in [7, 11) is 1.75. The van der Waals surface area contributed by atoms with Gasteiger partial charge in [0.15, 0.2) is 0 Å². The number of rotatable bonds is 8. The topological polar surface area (TPSA) is 25.4 Å². The van der Waals surface area contributed by atoms with Gasteiger partial charge >= 0.3 is 0 Å². The van der Waals surface area contributed by atoms with Crippen molar-refractivity contribution in [2.75, 3.05) is 7.05 Å². The Hall–Kier alpha value is -2.08. The monoisotopic (exact) mass is 458 g/mol. The number of benzene rings is 1. The number of ether oxygens (including phenoxy) is 1. The zero-order chi connectivity index (χ0) is 21.4. The van der Waals surface area contributed by atoms with Crippen LogP contribution in [-0.4, -0.2) is 16.9 Å². The van der Waals surface area contributed by atoms with Gasteiger partial charge < -0.3 is 9.64 Å². The molecule has 0 N–H and O–H groups in total. The zero-order valence-corrected chi connectivity index (χ0v) is 18.0. The summed E-state index contributed by atoms with van der Waals surface area (Å²) < 4.78 is 34.2. The van der Waals surface area contributed by atoms with Crippen molar-refractivity contribution in [2.24, 2.45) is 0 Å². The van der Waals surface area contributed by atoms with Gasteiger partial charge in [0.25, 0.3) is 5.92 Å². The number of likely N-dealkylation sites (N-methyl/N-ethyl adjacent to an activating group) is 1. The van der Waals surface area contributed by atoms with Crippen LogP contribution < -0.4 is 4.74 Å². The van der Waals surface area contributed by atoms with E-state index in [2.05, 4.69) is 4.98 Å². The largest absolute Gasteiger partial charge is 0.439 e. The molecule has 0 radical (unpaired) electrons. The molecular weight excluding hydrogens is 441 g/mol. The molecule has 0 aliphatic rings. The van der Waals surface area contributed by atoms with E-state index >= 15 is 0 Å². The van der Waals surface area contributed by atoms with Crippen LogP contribution in [-0.2, 0) is 12.5 Å². The van der Waals surface area contributed by atoms with Crippen LogP contribution in [0.2, 0.25) is 5.02 Å². The van der Waals surface area contributed by atoms with E-state index in [-0.39, 0.29) is 18.0 Å². The normalized spacial score (nSPS) is 12.7. The number of aromatic nitrogens is 1. The molecule has 0 amide bonds. The van der Waals surface area contributed by atoms with Crippen LogP contribution in [0.3, 0.4) is 0 Å². The van der Waals surface area contributed by atoms with Gasteiger partial charge in [-0.2, -0.15) is 0 Å². The predicted octanol–water partition coefficient (Wildman–Crippen LogP) is 7.46. The number of allylic oxidation sites excluding steroid dienone is 3. The first-order chi connectivity index (χ1) is 13.7. The Morgan fingerprint density at radius 1 is 1.21 bits per heavy atom. The number of alkyl halides is 2. The lowest BCUT2D eigenvalue weighted by molar-refractivity contribution is 0.0158. The summed E-state index contributed by atoms with van der Waals surface area (Å²) in [6.45, 7) is 1.01. The molecule has 1 heterocycles.